The number of hydrogen-bond donors (Lipinski definition) is 2. The van der Waals surface area contributed by atoms with Gasteiger partial charge in [-0.25, -0.2) is 0 Å². The number of carbonyl (C=O) groups excluding carboxylic acids is 1. The largest absolute Gasteiger partial charge is 0.391 e. The van der Waals surface area contributed by atoms with Crippen molar-refractivity contribution in [3.8, 4) is 12.1 Å². The van der Waals surface area contributed by atoms with Crippen LogP contribution in [0.1, 0.15) is 42.6 Å². The minimum Gasteiger partial charge on any atom is -0.391 e. The topological polar surface area (TPSA) is 102 Å². The van der Waals surface area contributed by atoms with E-state index >= 15 is 0 Å². The molecule has 0 radical (unpaired) electrons. The average Bonchev–Trinajstić information content (AvgIpc) is 3.21. The number of carbonyl (C=O) groups is 1. The van der Waals surface area contributed by atoms with Crippen molar-refractivity contribution in [2.75, 3.05) is 6.54 Å². The van der Waals surface area contributed by atoms with Gasteiger partial charge in [-0.2, -0.15) is 10.5 Å². The van der Waals surface area contributed by atoms with Crippen LogP contribution in [0.4, 0.5) is 0 Å². The summed E-state index contributed by atoms with van der Waals surface area (Å²) in [6, 6.07) is 5.60. The van der Waals surface area contributed by atoms with Gasteiger partial charge >= 0.3 is 0 Å². The molecule has 1 aliphatic carbocycles. The highest BCUT2D eigenvalue weighted by Crippen LogP contribution is 2.27. The van der Waals surface area contributed by atoms with Crippen LogP contribution in [0, 0.1) is 35.5 Å². The van der Waals surface area contributed by atoms with E-state index < -0.39 is 12.0 Å². The van der Waals surface area contributed by atoms with Crippen molar-refractivity contribution in [2.24, 2.45) is 13.0 Å². The molecule has 0 aliphatic heterocycles. The summed E-state index contributed by atoms with van der Waals surface area (Å²) in [5, 5.41) is 31.0. The zero-order valence-electron chi connectivity index (χ0n) is 14.0. The molecule has 0 bridgehead atoms. The Kier molecular flexibility index (Phi) is 5.78. The number of hydrogen-bond acceptors (Lipinski definition) is 4. The van der Waals surface area contributed by atoms with E-state index in [2.05, 4.69) is 11.4 Å². The van der Waals surface area contributed by atoms with Gasteiger partial charge in [0.15, 0.2) is 0 Å². The lowest BCUT2D eigenvalue weighted by atomic mass is 10.0. The van der Waals surface area contributed by atoms with Crippen molar-refractivity contribution in [2.45, 2.75) is 38.7 Å². The van der Waals surface area contributed by atoms with Gasteiger partial charge in [0.25, 0.3) is 5.91 Å². The molecule has 1 aliphatic rings. The fraction of sp³-hybridized carbons (Fsp3) is 0.500. The smallest absolute Gasteiger partial charge is 0.262 e. The second-order valence-electron chi connectivity index (χ2n) is 6.23. The third-order valence-corrected chi connectivity index (χ3v) is 4.77. The van der Waals surface area contributed by atoms with Crippen LogP contribution < -0.4 is 5.32 Å². The van der Waals surface area contributed by atoms with E-state index in [0.717, 1.165) is 31.4 Å². The predicted molar refractivity (Wildman–Crippen MR) is 89.4 cm³/mol. The van der Waals surface area contributed by atoms with Crippen LogP contribution in [0.3, 0.4) is 0 Å². The van der Waals surface area contributed by atoms with E-state index in [1.807, 2.05) is 13.0 Å². The van der Waals surface area contributed by atoms with Crippen LogP contribution in [0.15, 0.2) is 11.6 Å². The first-order valence-electron chi connectivity index (χ1n) is 8.12. The lowest BCUT2D eigenvalue weighted by Gasteiger charge is -2.17. The minimum atomic E-state index is -0.569. The van der Waals surface area contributed by atoms with E-state index in [9.17, 15) is 15.2 Å². The van der Waals surface area contributed by atoms with Crippen LogP contribution in [-0.2, 0) is 11.8 Å². The van der Waals surface area contributed by atoms with Crippen molar-refractivity contribution in [1.29, 1.82) is 10.5 Å². The molecule has 24 heavy (non-hydrogen) atoms. The van der Waals surface area contributed by atoms with Crippen LogP contribution in [0.5, 0.6) is 0 Å². The van der Waals surface area contributed by atoms with Crippen LogP contribution in [0.2, 0.25) is 0 Å². The molecule has 2 N–H and O–H groups in total. The maximum absolute atomic E-state index is 12.2. The Balaban J connectivity index is 2.06. The fourth-order valence-electron chi connectivity index (χ4n) is 3.08. The molecule has 126 valence electrons. The van der Waals surface area contributed by atoms with Crippen LogP contribution >= 0.6 is 0 Å². The predicted octanol–water partition coefficient (Wildman–Crippen LogP) is 1.78. The molecule has 1 fully saturated rings. The first kappa shape index (κ1) is 17.8. The first-order valence-corrected chi connectivity index (χ1v) is 8.12. The minimum absolute atomic E-state index is 0.0354. The van der Waals surface area contributed by atoms with Crippen molar-refractivity contribution >= 4 is 12.0 Å². The summed E-state index contributed by atoms with van der Waals surface area (Å²) >= 11 is 0. The summed E-state index contributed by atoms with van der Waals surface area (Å²) < 4.78 is 1.71. The number of aliphatic hydroxyl groups is 1. The molecule has 1 atom stereocenters. The number of nitriles is 2. The number of nitrogens with one attached hydrogen (secondary N) is 1. The van der Waals surface area contributed by atoms with E-state index in [-0.39, 0.29) is 18.0 Å². The molecule has 2 rings (SSSR count). The fourth-order valence-corrected chi connectivity index (χ4v) is 3.08. The second-order valence-corrected chi connectivity index (χ2v) is 6.23. The summed E-state index contributed by atoms with van der Waals surface area (Å²) in [7, 11) is 1.76. The van der Waals surface area contributed by atoms with Crippen molar-refractivity contribution < 1.29 is 9.90 Å². The van der Waals surface area contributed by atoms with E-state index in [0.29, 0.717) is 11.3 Å². The van der Waals surface area contributed by atoms with E-state index in [4.69, 9.17) is 5.26 Å². The molecule has 1 saturated carbocycles. The Labute approximate surface area is 142 Å². The van der Waals surface area contributed by atoms with Crippen molar-refractivity contribution in [3.05, 3.63) is 28.6 Å². The molecule has 6 heteroatoms. The molecule has 6 nitrogen and oxygen atoms in total. The molecule has 0 aromatic carbocycles. The quantitative estimate of drug-likeness (QED) is 0.636. The van der Waals surface area contributed by atoms with Crippen molar-refractivity contribution in [1.82, 2.24) is 9.88 Å². The standard InChI is InChI=1S/C18H22N4O2/c1-12-14(8-16(10-20)22(12)2)7-15(9-19)18(24)21-11-17(23)13-5-3-4-6-13/h7-8,13,17,23H,3-6,11H2,1-2H3,(H,21,24)/b15-7-. The Morgan fingerprint density at radius 3 is 2.71 bits per heavy atom. The van der Waals surface area contributed by atoms with Gasteiger partial charge in [0.1, 0.15) is 23.4 Å². The van der Waals surface area contributed by atoms with Gasteiger partial charge in [0.05, 0.1) is 6.10 Å². The molecular formula is C18H22N4O2. The summed E-state index contributed by atoms with van der Waals surface area (Å²) in [6.07, 6.45) is 5.12. The monoisotopic (exact) mass is 326 g/mol. The Morgan fingerprint density at radius 2 is 2.17 bits per heavy atom. The number of aromatic nitrogens is 1. The van der Waals surface area contributed by atoms with Crippen molar-refractivity contribution in [3.63, 3.8) is 0 Å². The lowest BCUT2D eigenvalue weighted by molar-refractivity contribution is -0.117. The zero-order valence-corrected chi connectivity index (χ0v) is 14.0. The lowest BCUT2D eigenvalue weighted by Crippen LogP contribution is -2.36. The molecule has 0 spiro atoms. The molecule has 1 heterocycles. The van der Waals surface area contributed by atoms with E-state index in [1.54, 1.807) is 17.7 Å². The Bertz CT molecular complexity index is 727. The van der Waals surface area contributed by atoms with Gasteiger partial charge in [-0.3, -0.25) is 4.79 Å². The maximum Gasteiger partial charge on any atom is 0.262 e. The van der Waals surface area contributed by atoms with E-state index in [1.165, 1.54) is 6.08 Å². The van der Waals surface area contributed by atoms with Gasteiger partial charge in [-0.15, -0.1) is 0 Å². The molecular weight excluding hydrogens is 304 g/mol. The molecule has 1 aromatic rings. The first-order chi connectivity index (χ1) is 11.5. The number of nitrogens with zero attached hydrogens (tertiary/aromatic N) is 3. The Morgan fingerprint density at radius 1 is 1.50 bits per heavy atom. The summed E-state index contributed by atoms with van der Waals surface area (Å²) in [5.41, 5.74) is 1.90. The molecule has 0 saturated heterocycles. The van der Waals surface area contributed by atoms with Gasteiger partial charge < -0.3 is 15.0 Å². The molecule has 1 unspecified atom stereocenters. The highest BCUT2D eigenvalue weighted by Gasteiger charge is 2.23. The number of amides is 1. The molecule has 1 aromatic heterocycles. The van der Waals surface area contributed by atoms with Crippen LogP contribution in [-0.4, -0.2) is 28.2 Å². The molecule has 1 amide bonds. The van der Waals surface area contributed by atoms with Gasteiger partial charge in [0.2, 0.25) is 0 Å². The Hall–Kier alpha value is -2.57. The average molecular weight is 326 g/mol. The summed E-state index contributed by atoms with van der Waals surface area (Å²) in [5.74, 6) is -0.273. The highest BCUT2D eigenvalue weighted by atomic mass is 16.3. The summed E-state index contributed by atoms with van der Waals surface area (Å²) in [6.45, 7) is 1.98. The third kappa shape index (κ3) is 3.84. The van der Waals surface area contributed by atoms with Crippen LogP contribution in [0.25, 0.3) is 6.08 Å². The SMILES string of the molecule is Cc1c(/C=C(/C#N)C(=O)NCC(O)C2CCCC2)cc(C#N)n1C. The summed E-state index contributed by atoms with van der Waals surface area (Å²) in [4.78, 5) is 12.2. The maximum atomic E-state index is 12.2. The highest BCUT2D eigenvalue weighted by molar-refractivity contribution is 6.01. The normalized spacial score (nSPS) is 16.5. The van der Waals surface area contributed by atoms with Gasteiger partial charge in [-0.05, 0) is 43.4 Å². The zero-order chi connectivity index (χ0) is 17.7. The number of rotatable bonds is 5. The third-order valence-electron chi connectivity index (χ3n) is 4.77. The number of aliphatic hydroxyl groups excluding tert-OH is 1. The van der Waals surface area contributed by atoms with Gasteiger partial charge in [0, 0.05) is 19.3 Å². The van der Waals surface area contributed by atoms with Gasteiger partial charge in [-0.1, -0.05) is 12.8 Å². The second kappa shape index (κ2) is 7.81.